The van der Waals surface area contributed by atoms with Gasteiger partial charge in [0.05, 0.1) is 18.4 Å². The molecule has 1 aliphatic heterocycles. The molecule has 0 atom stereocenters. The molecule has 0 saturated heterocycles. The fourth-order valence-corrected chi connectivity index (χ4v) is 3.45. The number of hydrogen-bond donors (Lipinski definition) is 0. The summed E-state index contributed by atoms with van der Waals surface area (Å²) in [6.07, 6.45) is 0. The molecule has 0 radical (unpaired) electrons. The Hall–Kier alpha value is -2.31. The van der Waals surface area contributed by atoms with E-state index >= 15 is 0 Å². The molecule has 0 saturated carbocycles. The van der Waals surface area contributed by atoms with E-state index in [9.17, 15) is 0 Å². The molecule has 0 amide bonds. The minimum atomic E-state index is 0. The summed E-state index contributed by atoms with van der Waals surface area (Å²) < 4.78 is 7.26. The van der Waals surface area contributed by atoms with Gasteiger partial charge in [0.15, 0.2) is 5.82 Å². The van der Waals surface area contributed by atoms with Crippen molar-refractivity contribution in [2.45, 2.75) is 12.1 Å². The van der Waals surface area contributed by atoms with Crippen LogP contribution in [0.4, 0.5) is 0 Å². The van der Waals surface area contributed by atoms with Crippen LogP contribution in [0.3, 0.4) is 0 Å². The zero-order valence-electron chi connectivity index (χ0n) is 13.8. The van der Waals surface area contributed by atoms with Crippen LogP contribution >= 0.6 is 24.2 Å². The van der Waals surface area contributed by atoms with Gasteiger partial charge >= 0.3 is 0 Å². The summed E-state index contributed by atoms with van der Waals surface area (Å²) in [6.45, 7) is 2.08. The first-order valence-corrected chi connectivity index (χ1v) is 8.61. The second kappa shape index (κ2) is 7.29. The number of rotatable bonds is 3. The third kappa shape index (κ3) is 3.27. The van der Waals surface area contributed by atoms with Crippen molar-refractivity contribution in [3.05, 3.63) is 59.7 Å². The topological polar surface area (TPSA) is 52.3 Å². The molecule has 7 heteroatoms. The lowest BCUT2D eigenvalue weighted by Crippen LogP contribution is -2.13. The number of thioether (sulfide) groups is 1. The molecule has 1 aliphatic rings. The van der Waals surface area contributed by atoms with Crippen molar-refractivity contribution in [2.75, 3.05) is 12.9 Å². The number of nitrogens with zero attached hydrogens (tertiary/aromatic N) is 4. The first kappa shape index (κ1) is 17.5. The monoisotopic (exact) mass is 372 g/mol. The van der Waals surface area contributed by atoms with Crippen LogP contribution in [0, 0.1) is 6.92 Å². The van der Waals surface area contributed by atoms with Crippen LogP contribution < -0.4 is 4.74 Å². The smallest absolute Gasteiger partial charge is 0.212 e. The highest BCUT2D eigenvalue weighted by Gasteiger charge is 2.22. The van der Waals surface area contributed by atoms with Gasteiger partial charge in [-0.3, -0.25) is 0 Å². The van der Waals surface area contributed by atoms with Crippen molar-refractivity contribution in [1.82, 2.24) is 14.9 Å². The Morgan fingerprint density at radius 3 is 2.56 bits per heavy atom. The van der Waals surface area contributed by atoms with E-state index < -0.39 is 0 Å². The molecule has 2 aromatic carbocycles. The minimum absolute atomic E-state index is 0. The van der Waals surface area contributed by atoms with Crippen molar-refractivity contribution in [1.29, 1.82) is 0 Å². The summed E-state index contributed by atoms with van der Waals surface area (Å²) in [6, 6.07) is 16.2. The molecule has 0 fully saturated rings. The van der Waals surface area contributed by atoms with Gasteiger partial charge in [0.25, 0.3) is 0 Å². The Bertz CT molecular complexity index is 921. The van der Waals surface area contributed by atoms with Crippen LogP contribution in [0.15, 0.2) is 58.8 Å². The zero-order chi connectivity index (χ0) is 16.5. The predicted molar refractivity (Wildman–Crippen MR) is 103 cm³/mol. The van der Waals surface area contributed by atoms with Crippen LogP contribution in [-0.4, -0.2) is 33.4 Å². The summed E-state index contributed by atoms with van der Waals surface area (Å²) in [5.74, 6) is 2.24. The number of halogens is 1. The summed E-state index contributed by atoms with van der Waals surface area (Å²) in [5.41, 5.74) is 4.26. The van der Waals surface area contributed by atoms with E-state index in [0.29, 0.717) is 5.82 Å². The molecule has 0 bridgehead atoms. The highest BCUT2D eigenvalue weighted by molar-refractivity contribution is 7.99. The molecule has 2 heterocycles. The van der Waals surface area contributed by atoms with E-state index in [0.717, 1.165) is 33.5 Å². The Morgan fingerprint density at radius 2 is 1.80 bits per heavy atom. The SMILES string of the molecule is COc1ccccc1-c1nnc2n1N=C(c1ccc(C)cc1)CS2.Cl. The van der Waals surface area contributed by atoms with Gasteiger partial charge in [-0.05, 0) is 24.6 Å². The number of aryl methyl sites for hydroxylation is 1. The van der Waals surface area contributed by atoms with Crippen LogP contribution in [0.5, 0.6) is 5.75 Å². The number of hydrogen-bond acceptors (Lipinski definition) is 5. The largest absolute Gasteiger partial charge is 0.496 e. The lowest BCUT2D eigenvalue weighted by molar-refractivity contribution is 0.416. The van der Waals surface area contributed by atoms with Crippen LogP contribution in [-0.2, 0) is 0 Å². The molecule has 5 nitrogen and oxygen atoms in total. The second-order valence-electron chi connectivity index (χ2n) is 5.52. The number of benzene rings is 2. The van der Waals surface area contributed by atoms with Gasteiger partial charge in [0.2, 0.25) is 5.16 Å². The van der Waals surface area contributed by atoms with E-state index in [1.54, 1.807) is 23.5 Å². The van der Waals surface area contributed by atoms with Gasteiger partial charge in [-0.15, -0.1) is 22.6 Å². The van der Waals surface area contributed by atoms with Crippen LogP contribution in [0.1, 0.15) is 11.1 Å². The molecule has 1 aromatic heterocycles. The van der Waals surface area contributed by atoms with Crippen molar-refractivity contribution < 1.29 is 4.74 Å². The van der Waals surface area contributed by atoms with Crippen molar-refractivity contribution >= 4 is 29.9 Å². The maximum Gasteiger partial charge on any atom is 0.212 e. The van der Waals surface area contributed by atoms with Gasteiger partial charge in [-0.1, -0.05) is 53.7 Å². The summed E-state index contributed by atoms with van der Waals surface area (Å²) in [5, 5.41) is 14.2. The molecule has 4 rings (SSSR count). The Kier molecular flexibility index (Phi) is 5.11. The van der Waals surface area contributed by atoms with Gasteiger partial charge in [-0.25, -0.2) is 0 Å². The molecule has 0 N–H and O–H groups in total. The van der Waals surface area contributed by atoms with Crippen molar-refractivity contribution in [3.63, 3.8) is 0 Å². The standard InChI is InChI=1S/C18H16N4OS.ClH/c1-12-7-9-13(10-8-12)15-11-24-18-20-19-17(22(18)21-15)14-5-3-4-6-16(14)23-2;/h3-10H,11H2,1-2H3;1H. The van der Waals surface area contributed by atoms with E-state index in [2.05, 4.69) is 41.4 Å². The number of methoxy groups -OCH3 is 1. The molecule has 25 heavy (non-hydrogen) atoms. The number of fused-ring (bicyclic) bond motifs is 1. The van der Waals surface area contributed by atoms with Gasteiger partial charge < -0.3 is 4.74 Å². The summed E-state index contributed by atoms with van der Waals surface area (Å²) in [7, 11) is 1.65. The Balaban J connectivity index is 0.00000182. The Labute approximate surface area is 156 Å². The third-order valence-electron chi connectivity index (χ3n) is 3.90. The number of para-hydroxylation sites is 1. The van der Waals surface area contributed by atoms with Crippen molar-refractivity contribution in [3.8, 4) is 17.1 Å². The lowest BCUT2D eigenvalue weighted by Gasteiger charge is -2.14. The molecule has 0 aliphatic carbocycles. The third-order valence-corrected chi connectivity index (χ3v) is 4.83. The average molecular weight is 373 g/mol. The molecule has 128 valence electrons. The Morgan fingerprint density at radius 1 is 1.04 bits per heavy atom. The maximum absolute atomic E-state index is 5.45. The first-order valence-electron chi connectivity index (χ1n) is 7.63. The van der Waals surface area contributed by atoms with Crippen LogP contribution in [0.25, 0.3) is 11.4 Å². The quantitative estimate of drug-likeness (QED) is 0.696. The van der Waals surface area contributed by atoms with E-state index in [-0.39, 0.29) is 12.4 Å². The fraction of sp³-hybridized carbons (Fsp3) is 0.167. The highest BCUT2D eigenvalue weighted by Crippen LogP contribution is 2.32. The molecule has 0 unspecified atom stereocenters. The molecular formula is C18H17ClN4OS. The van der Waals surface area contributed by atoms with Gasteiger partial charge in [-0.2, -0.15) is 9.78 Å². The number of aromatic nitrogens is 3. The van der Waals surface area contributed by atoms with Gasteiger partial charge in [0.1, 0.15) is 5.75 Å². The normalized spacial score (nSPS) is 12.8. The average Bonchev–Trinajstić information content (AvgIpc) is 3.05. The van der Waals surface area contributed by atoms with Crippen LogP contribution in [0.2, 0.25) is 0 Å². The molecule has 0 spiro atoms. The predicted octanol–water partition coefficient (Wildman–Crippen LogP) is 4.04. The maximum atomic E-state index is 5.45. The highest BCUT2D eigenvalue weighted by atomic mass is 35.5. The summed E-state index contributed by atoms with van der Waals surface area (Å²) >= 11 is 1.64. The second-order valence-corrected chi connectivity index (χ2v) is 6.46. The summed E-state index contributed by atoms with van der Waals surface area (Å²) in [4.78, 5) is 0. The fourth-order valence-electron chi connectivity index (χ4n) is 2.61. The van der Waals surface area contributed by atoms with E-state index in [4.69, 9.17) is 9.84 Å². The minimum Gasteiger partial charge on any atom is -0.496 e. The van der Waals surface area contributed by atoms with E-state index in [1.165, 1.54) is 5.56 Å². The van der Waals surface area contributed by atoms with Gasteiger partial charge in [0, 0.05) is 5.75 Å². The number of ether oxygens (including phenoxy) is 1. The first-order chi connectivity index (χ1) is 11.8. The lowest BCUT2D eigenvalue weighted by atomic mass is 10.1. The molecular weight excluding hydrogens is 356 g/mol. The van der Waals surface area contributed by atoms with Crippen molar-refractivity contribution in [2.24, 2.45) is 5.10 Å². The molecule has 3 aromatic rings. The zero-order valence-corrected chi connectivity index (χ0v) is 15.5. The van der Waals surface area contributed by atoms with E-state index in [1.807, 2.05) is 24.3 Å².